The topological polar surface area (TPSA) is 53.2 Å². The van der Waals surface area contributed by atoms with Crippen molar-refractivity contribution in [3.05, 3.63) is 76.5 Å². The van der Waals surface area contributed by atoms with Gasteiger partial charge in [0.1, 0.15) is 0 Å². The Morgan fingerprint density at radius 3 is 2.54 bits per heavy atom. The molecule has 3 rings (SSSR count). The third-order valence-electron chi connectivity index (χ3n) is 4.62. The molecular weight excluding hydrogens is 380 g/mol. The number of amides is 1. The largest absolute Gasteiger partial charge is 0.351 e. The second-order valence-corrected chi connectivity index (χ2v) is 7.35. The number of hydrogen-bond acceptors (Lipinski definition) is 2. The molecule has 0 radical (unpaired) electrons. The van der Waals surface area contributed by atoms with Gasteiger partial charge in [-0.15, -0.1) is 0 Å². The van der Waals surface area contributed by atoms with E-state index in [1.54, 1.807) is 6.92 Å². The molecular formula is C21H21F2N3OS. The minimum absolute atomic E-state index is 0.226. The number of anilines is 1. The highest BCUT2D eigenvalue weighted by molar-refractivity contribution is 7.80. The van der Waals surface area contributed by atoms with Crippen molar-refractivity contribution in [3.8, 4) is 0 Å². The molecule has 146 valence electrons. The average Bonchev–Trinajstić information content (AvgIpc) is 2.63. The van der Waals surface area contributed by atoms with Crippen molar-refractivity contribution >= 4 is 28.9 Å². The highest BCUT2D eigenvalue weighted by atomic mass is 32.1. The van der Waals surface area contributed by atoms with Crippen LogP contribution < -0.4 is 16.0 Å². The summed E-state index contributed by atoms with van der Waals surface area (Å²) in [4.78, 5) is 13.1. The molecule has 0 unspecified atom stereocenters. The van der Waals surface area contributed by atoms with E-state index in [2.05, 4.69) is 16.0 Å². The van der Waals surface area contributed by atoms with E-state index >= 15 is 0 Å². The van der Waals surface area contributed by atoms with Crippen molar-refractivity contribution in [2.75, 3.05) is 5.32 Å². The van der Waals surface area contributed by atoms with Crippen LogP contribution in [0.15, 0.2) is 53.7 Å². The SMILES string of the molecule is CC1=C(C(=O)Nc2ccccc2C(C)C)[C@H](c2ccc(F)c(F)c2)NC(=S)N1. The van der Waals surface area contributed by atoms with Crippen molar-refractivity contribution in [2.45, 2.75) is 32.7 Å². The second-order valence-electron chi connectivity index (χ2n) is 6.94. The van der Waals surface area contributed by atoms with Gasteiger partial charge in [0.2, 0.25) is 0 Å². The van der Waals surface area contributed by atoms with Crippen molar-refractivity contribution in [2.24, 2.45) is 0 Å². The maximum Gasteiger partial charge on any atom is 0.255 e. The third kappa shape index (κ3) is 4.04. The number of benzene rings is 2. The van der Waals surface area contributed by atoms with Crippen LogP contribution in [0.3, 0.4) is 0 Å². The fraction of sp³-hybridized carbons (Fsp3) is 0.238. The number of thiocarbonyl (C=S) groups is 1. The van der Waals surface area contributed by atoms with Gasteiger partial charge in [0, 0.05) is 11.4 Å². The predicted octanol–water partition coefficient (Wildman–Crippen LogP) is 4.52. The zero-order valence-corrected chi connectivity index (χ0v) is 16.6. The quantitative estimate of drug-likeness (QED) is 0.660. The molecule has 3 N–H and O–H groups in total. The minimum atomic E-state index is -0.980. The molecule has 1 atom stereocenters. The standard InChI is InChI=1S/C21H21F2N3OS/c1-11(2)14-6-4-5-7-17(14)25-20(27)18-12(3)24-21(28)26-19(18)13-8-9-15(22)16(23)10-13/h4-11,19H,1-3H3,(H,25,27)(H2,24,26,28)/t19-/m0/s1. The Kier molecular flexibility index (Phi) is 5.74. The third-order valence-corrected chi connectivity index (χ3v) is 4.84. The van der Waals surface area contributed by atoms with Crippen LogP contribution in [0.2, 0.25) is 0 Å². The van der Waals surface area contributed by atoms with Gasteiger partial charge in [-0.3, -0.25) is 4.79 Å². The number of carbonyl (C=O) groups excluding carboxylic acids is 1. The van der Waals surface area contributed by atoms with Crippen LogP contribution in [-0.2, 0) is 4.79 Å². The van der Waals surface area contributed by atoms with Crippen LogP contribution in [0.1, 0.15) is 43.9 Å². The number of allylic oxidation sites excluding steroid dienone is 1. The minimum Gasteiger partial charge on any atom is -0.351 e. The molecule has 1 aliphatic heterocycles. The van der Waals surface area contributed by atoms with E-state index in [4.69, 9.17) is 12.2 Å². The van der Waals surface area contributed by atoms with Crippen molar-refractivity contribution in [1.29, 1.82) is 0 Å². The molecule has 0 fully saturated rings. The first-order valence-corrected chi connectivity index (χ1v) is 9.32. The first kappa shape index (κ1) is 19.9. The Morgan fingerprint density at radius 1 is 1.14 bits per heavy atom. The first-order chi connectivity index (χ1) is 13.3. The lowest BCUT2D eigenvalue weighted by molar-refractivity contribution is -0.113. The van der Waals surface area contributed by atoms with Gasteiger partial charge in [0.15, 0.2) is 16.7 Å². The molecule has 0 saturated carbocycles. The fourth-order valence-electron chi connectivity index (χ4n) is 3.24. The molecule has 0 bridgehead atoms. The molecule has 2 aromatic carbocycles. The van der Waals surface area contributed by atoms with Crippen LogP contribution >= 0.6 is 12.2 Å². The number of rotatable bonds is 4. The Bertz CT molecular complexity index is 972. The van der Waals surface area contributed by atoms with E-state index in [-0.39, 0.29) is 11.8 Å². The molecule has 0 spiro atoms. The molecule has 4 nitrogen and oxygen atoms in total. The number of para-hydroxylation sites is 1. The molecule has 0 aromatic heterocycles. The Morgan fingerprint density at radius 2 is 1.86 bits per heavy atom. The second kappa shape index (κ2) is 8.06. The lowest BCUT2D eigenvalue weighted by Crippen LogP contribution is -2.45. The Labute approximate surface area is 168 Å². The van der Waals surface area contributed by atoms with E-state index in [1.807, 2.05) is 38.1 Å². The van der Waals surface area contributed by atoms with Crippen molar-refractivity contribution in [3.63, 3.8) is 0 Å². The van der Waals surface area contributed by atoms with Gasteiger partial charge < -0.3 is 16.0 Å². The van der Waals surface area contributed by atoms with Gasteiger partial charge in [-0.1, -0.05) is 38.1 Å². The van der Waals surface area contributed by atoms with Gasteiger partial charge in [-0.2, -0.15) is 0 Å². The molecule has 0 aliphatic carbocycles. The normalized spacial score (nSPS) is 16.6. The molecule has 28 heavy (non-hydrogen) atoms. The van der Waals surface area contributed by atoms with Gasteiger partial charge in [-0.05, 0) is 54.4 Å². The Hall–Kier alpha value is -2.80. The van der Waals surface area contributed by atoms with Crippen LogP contribution in [0, 0.1) is 11.6 Å². The van der Waals surface area contributed by atoms with Gasteiger partial charge in [0.25, 0.3) is 5.91 Å². The molecule has 2 aromatic rings. The highest BCUT2D eigenvalue weighted by Gasteiger charge is 2.30. The summed E-state index contributed by atoms with van der Waals surface area (Å²) in [6.07, 6.45) is 0. The molecule has 1 aliphatic rings. The summed E-state index contributed by atoms with van der Waals surface area (Å²) in [6, 6.07) is 10.4. The number of carbonyl (C=O) groups is 1. The molecule has 1 heterocycles. The summed E-state index contributed by atoms with van der Waals surface area (Å²) >= 11 is 5.19. The molecule has 1 amide bonds. The number of hydrogen-bond donors (Lipinski definition) is 3. The van der Waals surface area contributed by atoms with Crippen LogP contribution in [-0.4, -0.2) is 11.0 Å². The molecule has 7 heteroatoms. The van der Waals surface area contributed by atoms with E-state index in [0.717, 1.165) is 17.7 Å². The van der Waals surface area contributed by atoms with Crippen LogP contribution in [0.4, 0.5) is 14.5 Å². The summed E-state index contributed by atoms with van der Waals surface area (Å²) in [7, 11) is 0. The van der Waals surface area contributed by atoms with Crippen molar-refractivity contribution in [1.82, 2.24) is 10.6 Å². The van der Waals surface area contributed by atoms with Crippen molar-refractivity contribution < 1.29 is 13.6 Å². The monoisotopic (exact) mass is 401 g/mol. The summed E-state index contributed by atoms with van der Waals surface area (Å²) in [6.45, 7) is 5.81. The lowest BCUT2D eigenvalue weighted by Gasteiger charge is -2.30. The summed E-state index contributed by atoms with van der Waals surface area (Å²) in [5, 5.41) is 9.16. The first-order valence-electron chi connectivity index (χ1n) is 8.91. The lowest BCUT2D eigenvalue weighted by atomic mass is 9.94. The number of nitrogens with one attached hydrogen (secondary N) is 3. The highest BCUT2D eigenvalue weighted by Crippen LogP contribution is 2.30. The maximum atomic E-state index is 13.8. The van der Waals surface area contributed by atoms with E-state index < -0.39 is 17.7 Å². The van der Waals surface area contributed by atoms with Gasteiger partial charge >= 0.3 is 0 Å². The molecule has 0 saturated heterocycles. The smallest absolute Gasteiger partial charge is 0.255 e. The summed E-state index contributed by atoms with van der Waals surface area (Å²) in [5.41, 5.74) is 3.03. The van der Waals surface area contributed by atoms with Gasteiger partial charge in [0.05, 0.1) is 11.6 Å². The zero-order chi connectivity index (χ0) is 20.4. The van der Waals surface area contributed by atoms with E-state index in [0.29, 0.717) is 27.6 Å². The van der Waals surface area contributed by atoms with Crippen LogP contribution in [0.25, 0.3) is 0 Å². The fourth-order valence-corrected chi connectivity index (χ4v) is 3.51. The van der Waals surface area contributed by atoms with Crippen LogP contribution in [0.5, 0.6) is 0 Å². The predicted molar refractivity (Wildman–Crippen MR) is 110 cm³/mol. The van der Waals surface area contributed by atoms with E-state index in [9.17, 15) is 13.6 Å². The van der Waals surface area contributed by atoms with Gasteiger partial charge in [-0.25, -0.2) is 8.78 Å². The summed E-state index contributed by atoms with van der Waals surface area (Å²) < 4.78 is 27.1. The summed E-state index contributed by atoms with van der Waals surface area (Å²) in [5.74, 6) is -2.05. The Balaban J connectivity index is 1.99. The maximum absolute atomic E-state index is 13.8. The zero-order valence-electron chi connectivity index (χ0n) is 15.8. The average molecular weight is 401 g/mol. The van der Waals surface area contributed by atoms with E-state index in [1.165, 1.54) is 6.07 Å². The number of halogens is 2.